The molecule has 7 heteroatoms. The molecular weight excluding hydrogens is 272 g/mol. The summed E-state index contributed by atoms with van der Waals surface area (Å²) in [5.41, 5.74) is 0.175. The minimum Gasteiger partial charge on any atom is -0.480 e. The fourth-order valence-electron chi connectivity index (χ4n) is 1.58. The van der Waals surface area contributed by atoms with Crippen LogP contribution in [0.3, 0.4) is 0 Å². The highest BCUT2D eigenvalue weighted by Gasteiger charge is 2.19. The van der Waals surface area contributed by atoms with E-state index >= 15 is 0 Å². The van der Waals surface area contributed by atoms with E-state index < -0.39 is 24.5 Å². The summed E-state index contributed by atoms with van der Waals surface area (Å²) in [7, 11) is 0. The molecule has 0 aliphatic heterocycles. The molecule has 0 aromatic heterocycles. The third-order valence-corrected chi connectivity index (χ3v) is 2.52. The summed E-state index contributed by atoms with van der Waals surface area (Å²) < 4.78 is 28.1. The first-order chi connectivity index (χ1) is 9.43. The first kappa shape index (κ1) is 15.9. The van der Waals surface area contributed by atoms with Gasteiger partial charge in [0.15, 0.2) is 0 Å². The average Bonchev–Trinajstić information content (AvgIpc) is 2.38. The summed E-state index contributed by atoms with van der Waals surface area (Å²) in [6.07, 6.45) is 0.923. The van der Waals surface area contributed by atoms with Gasteiger partial charge in [-0.15, -0.1) is 0 Å². The Hall–Kier alpha value is -2.18. The number of hydrogen-bond donors (Lipinski definition) is 2. The SMILES string of the molecule is CCC[C@H](NC(=O)c1ccc(OC(F)F)cc1)C(=O)O. The van der Waals surface area contributed by atoms with Crippen LogP contribution in [-0.4, -0.2) is 29.6 Å². The lowest BCUT2D eigenvalue weighted by Gasteiger charge is -2.13. The molecule has 1 aromatic rings. The molecule has 110 valence electrons. The van der Waals surface area contributed by atoms with Gasteiger partial charge >= 0.3 is 12.6 Å². The number of ether oxygens (including phenoxy) is 1. The Kier molecular flexibility index (Phi) is 5.89. The second-order valence-electron chi connectivity index (χ2n) is 4.06. The van der Waals surface area contributed by atoms with Gasteiger partial charge < -0.3 is 15.2 Å². The van der Waals surface area contributed by atoms with E-state index in [9.17, 15) is 18.4 Å². The third-order valence-electron chi connectivity index (χ3n) is 2.52. The van der Waals surface area contributed by atoms with Crippen molar-refractivity contribution in [2.75, 3.05) is 0 Å². The van der Waals surface area contributed by atoms with Gasteiger partial charge in [-0.25, -0.2) is 4.79 Å². The van der Waals surface area contributed by atoms with Gasteiger partial charge in [-0.2, -0.15) is 8.78 Å². The van der Waals surface area contributed by atoms with Crippen LogP contribution in [0.25, 0.3) is 0 Å². The summed E-state index contributed by atoms with van der Waals surface area (Å²) in [6, 6.07) is 4.05. The maximum absolute atomic E-state index is 12.0. The molecule has 1 amide bonds. The van der Waals surface area contributed by atoms with E-state index in [0.717, 1.165) is 0 Å². The molecule has 0 aliphatic rings. The molecule has 0 saturated heterocycles. The molecule has 0 spiro atoms. The van der Waals surface area contributed by atoms with Crippen molar-refractivity contribution in [3.05, 3.63) is 29.8 Å². The predicted octanol–water partition coefficient (Wildman–Crippen LogP) is 2.27. The zero-order valence-electron chi connectivity index (χ0n) is 10.8. The normalized spacial score (nSPS) is 12.0. The minimum atomic E-state index is -2.93. The molecule has 1 rings (SSSR count). The van der Waals surface area contributed by atoms with E-state index in [1.54, 1.807) is 6.92 Å². The topological polar surface area (TPSA) is 75.6 Å². The summed E-state index contributed by atoms with van der Waals surface area (Å²) >= 11 is 0. The summed E-state index contributed by atoms with van der Waals surface area (Å²) in [4.78, 5) is 22.7. The van der Waals surface area contributed by atoms with Crippen LogP contribution in [0.4, 0.5) is 8.78 Å². The van der Waals surface area contributed by atoms with Gasteiger partial charge in [0.1, 0.15) is 11.8 Å². The van der Waals surface area contributed by atoms with Gasteiger partial charge in [0.25, 0.3) is 5.91 Å². The van der Waals surface area contributed by atoms with Crippen molar-refractivity contribution in [1.29, 1.82) is 0 Å². The first-order valence-corrected chi connectivity index (χ1v) is 6.02. The van der Waals surface area contributed by atoms with Gasteiger partial charge in [0.2, 0.25) is 0 Å². The van der Waals surface area contributed by atoms with E-state index in [1.165, 1.54) is 24.3 Å². The lowest BCUT2D eigenvalue weighted by molar-refractivity contribution is -0.139. The van der Waals surface area contributed by atoms with Crippen molar-refractivity contribution >= 4 is 11.9 Å². The van der Waals surface area contributed by atoms with Crippen LogP contribution in [-0.2, 0) is 4.79 Å². The third kappa shape index (κ3) is 4.83. The quantitative estimate of drug-likeness (QED) is 0.806. The van der Waals surface area contributed by atoms with Gasteiger partial charge in [0, 0.05) is 5.56 Å². The molecule has 20 heavy (non-hydrogen) atoms. The monoisotopic (exact) mass is 287 g/mol. The Labute approximate surface area is 114 Å². The van der Waals surface area contributed by atoms with Crippen LogP contribution < -0.4 is 10.1 Å². The summed E-state index contributed by atoms with van der Waals surface area (Å²) in [6.45, 7) is -1.13. The predicted molar refractivity (Wildman–Crippen MR) is 66.9 cm³/mol. The van der Waals surface area contributed by atoms with Gasteiger partial charge in [0.05, 0.1) is 0 Å². The molecule has 1 atom stereocenters. The van der Waals surface area contributed by atoms with Gasteiger partial charge in [-0.1, -0.05) is 13.3 Å². The molecule has 0 heterocycles. The number of amides is 1. The Bertz CT molecular complexity index is 462. The fraction of sp³-hybridized carbons (Fsp3) is 0.385. The Balaban J connectivity index is 2.69. The number of benzene rings is 1. The zero-order valence-corrected chi connectivity index (χ0v) is 10.8. The van der Waals surface area contributed by atoms with Gasteiger partial charge in [-0.3, -0.25) is 4.79 Å². The molecule has 0 saturated carbocycles. The largest absolute Gasteiger partial charge is 0.480 e. The standard InChI is InChI=1S/C13H15F2NO4/c1-2-3-10(12(18)19)16-11(17)8-4-6-9(7-5-8)20-13(14)15/h4-7,10,13H,2-3H2,1H3,(H,16,17)(H,18,19)/t10-/m0/s1. The van der Waals surface area contributed by atoms with E-state index in [4.69, 9.17) is 5.11 Å². The molecule has 2 N–H and O–H groups in total. The molecule has 0 radical (unpaired) electrons. The smallest absolute Gasteiger partial charge is 0.387 e. The summed E-state index contributed by atoms with van der Waals surface area (Å²) in [5, 5.41) is 11.3. The van der Waals surface area contributed by atoms with Crippen molar-refractivity contribution < 1.29 is 28.2 Å². The average molecular weight is 287 g/mol. The lowest BCUT2D eigenvalue weighted by Crippen LogP contribution is -2.40. The van der Waals surface area contributed by atoms with Crippen LogP contribution in [0.2, 0.25) is 0 Å². The highest BCUT2D eigenvalue weighted by molar-refractivity contribution is 5.96. The number of carboxylic acid groups (broad SMARTS) is 1. The molecule has 5 nitrogen and oxygen atoms in total. The minimum absolute atomic E-state index is 0.0695. The van der Waals surface area contributed by atoms with E-state index in [2.05, 4.69) is 10.1 Å². The van der Waals surface area contributed by atoms with Crippen LogP contribution >= 0.6 is 0 Å². The van der Waals surface area contributed by atoms with E-state index in [0.29, 0.717) is 12.8 Å². The van der Waals surface area contributed by atoms with Crippen LogP contribution in [0.1, 0.15) is 30.1 Å². The first-order valence-electron chi connectivity index (χ1n) is 6.02. The lowest BCUT2D eigenvalue weighted by atomic mass is 10.1. The second-order valence-corrected chi connectivity index (χ2v) is 4.06. The van der Waals surface area contributed by atoms with Crippen molar-refractivity contribution in [2.45, 2.75) is 32.4 Å². The number of rotatable bonds is 7. The van der Waals surface area contributed by atoms with E-state index in [-0.39, 0.29) is 11.3 Å². The Morgan fingerprint density at radius 3 is 2.35 bits per heavy atom. The van der Waals surface area contributed by atoms with Gasteiger partial charge in [-0.05, 0) is 30.7 Å². The number of hydrogen-bond acceptors (Lipinski definition) is 3. The number of nitrogens with one attached hydrogen (secondary N) is 1. The van der Waals surface area contributed by atoms with Crippen molar-refractivity contribution in [3.63, 3.8) is 0 Å². The van der Waals surface area contributed by atoms with Crippen molar-refractivity contribution in [1.82, 2.24) is 5.32 Å². The number of carbonyl (C=O) groups is 2. The molecule has 0 fully saturated rings. The van der Waals surface area contributed by atoms with E-state index in [1.807, 2.05) is 0 Å². The highest BCUT2D eigenvalue weighted by atomic mass is 19.3. The number of aliphatic carboxylic acids is 1. The molecular formula is C13H15F2NO4. The Morgan fingerprint density at radius 1 is 1.30 bits per heavy atom. The maximum Gasteiger partial charge on any atom is 0.387 e. The van der Waals surface area contributed by atoms with Crippen molar-refractivity contribution in [2.24, 2.45) is 0 Å². The number of carbonyl (C=O) groups excluding carboxylic acids is 1. The molecule has 0 bridgehead atoms. The molecule has 0 aliphatic carbocycles. The highest BCUT2D eigenvalue weighted by Crippen LogP contribution is 2.15. The molecule has 1 aromatic carbocycles. The Morgan fingerprint density at radius 2 is 1.90 bits per heavy atom. The second kappa shape index (κ2) is 7.42. The maximum atomic E-state index is 12.0. The number of alkyl halides is 2. The molecule has 0 unspecified atom stereocenters. The van der Waals surface area contributed by atoms with Crippen LogP contribution in [0.5, 0.6) is 5.75 Å². The summed E-state index contributed by atoms with van der Waals surface area (Å²) in [5.74, 6) is -1.76. The number of halogens is 2. The van der Waals surface area contributed by atoms with Crippen LogP contribution in [0.15, 0.2) is 24.3 Å². The van der Waals surface area contributed by atoms with Crippen molar-refractivity contribution in [3.8, 4) is 5.75 Å². The number of carboxylic acids is 1. The van der Waals surface area contributed by atoms with Crippen LogP contribution in [0, 0.1) is 0 Å². The zero-order chi connectivity index (χ0) is 15.1. The fourth-order valence-corrected chi connectivity index (χ4v) is 1.58.